The summed E-state index contributed by atoms with van der Waals surface area (Å²) < 4.78 is 18.9. The highest BCUT2D eigenvalue weighted by Gasteiger charge is 2.27. The normalized spacial score (nSPS) is 20.6. The van der Waals surface area contributed by atoms with Crippen LogP contribution < -0.4 is 0 Å². The molecule has 0 aliphatic carbocycles. The van der Waals surface area contributed by atoms with Crippen LogP contribution in [0.3, 0.4) is 0 Å². The van der Waals surface area contributed by atoms with Crippen LogP contribution in [0.5, 0.6) is 0 Å². The van der Waals surface area contributed by atoms with Gasteiger partial charge in [0, 0.05) is 68.9 Å². The van der Waals surface area contributed by atoms with Crippen LogP contribution in [-0.4, -0.2) is 88.3 Å². The monoisotopic (exact) mass is 1010 g/mol. The third kappa shape index (κ3) is 21.0. The minimum absolute atomic E-state index is 0.421. The lowest BCUT2D eigenvalue weighted by Crippen LogP contribution is -2.23. The molecule has 7 rings (SSSR count). The summed E-state index contributed by atoms with van der Waals surface area (Å²) in [6.45, 7) is 45.6. The van der Waals surface area contributed by atoms with Crippen LogP contribution in [0.2, 0.25) is 0 Å². The van der Waals surface area contributed by atoms with Crippen LogP contribution >= 0.6 is 0 Å². The molecule has 0 saturated carbocycles. The Morgan fingerprint density at radius 3 is 1.49 bits per heavy atom. The van der Waals surface area contributed by atoms with Gasteiger partial charge in [-0.25, -0.2) is 4.39 Å². The summed E-state index contributed by atoms with van der Waals surface area (Å²) >= 11 is 0. The van der Waals surface area contributed by atoms with Gasteiger partial charge in [-0.1, -0.05) is 146 Å². The van der Waals surface area contributed by atoms with Gasteiger partial charge in [-0.05, 0) is 154 Å². The minimum atomic E-state index is -0.670. The predicted molar refractivity (Wildman–Crippen MR) is 311 cm³/mol. The molecule has 73 heavy (non-hydrogen) atoms. The Morgan fingerprint density at radius 2 is 1.08 bits per heavy atom. The van der Waals surface area contributed by atoms with E-state index >= 15 is 0 Å². The molecular formula is C65H107FN6O. The van der Waals surface area contributed by atoms with E-state index in [0.29, 0.717) is 48.5 Å². The van der Waals surface area contributed by atoms with Crippen LogP contribution in [-0.2, 0) is 24.4 Å². The third-order valence-electron chi connectivity index (χ3n) is 15.8. The summed E-state index contributed by atoms with van der Waals surface area (Å²) in [6.07, 6.45) is 20.3. The maximum atomic E-state index is 13.4. The second-order valence-electron chi connectivity index (χ2n) is 23.4. The topological polar surface area (TPSA) is 57.6 Å². The van der Waals surface area contributed by atoms with Crippen molar-refractivity contribution in [2.75, 3.05) is 52.5 Å². The van der Waals surface area contributed by atoms with Gasteiger partial charge in [-0.2, -0.15) is 0 Å². The Hall–Kier alpha value is -3.30. The van der Waals surface area contributed by atoms with E-state index in [-0.39, 0.29) is 0 Å². The van der Waals surface area contributed by atoms with Crippen molar-refractivity contribution < 1.29 is 9.13 Å². The fraction of sp³-hybridized carbons (Fsp3) is 0.708. The van der Waals surface area contributed by atoms with Gasteiger partial charge in [0.05, 0.1) is 23.7 Å². The highest BCUT2D eigenvalue weighted by molar-refractivity contribution is 5.31. The molecule has 5 unspecified atom stereocenters. The van der Waals surface area contributed by atoms with E-state index in [9.17, 15) is 4.39 Å². The third-order valence-corrected chi connectivity index (χ3v) is 15.8. The second kappa shape index (κ2) is 33.7. The average Bonchev–Trinajstić information content (AvgIpc) is 4.23. The van der Waals surface area contributed by atoms with Crippen molar-refractivity contribution in [2.24, 2.45) is 11.8 Å². The predicted octanol–water partition coefficient (Wildman–Crippen LogP) is 16.9. The number of halogens is 1. The standard InChI is InChI=1S/C21H34N2.C20H32N2.C17H25FN2O.C7H16/c1-6-8-18(9-7-2)19-10-11-20(16(3)4)22-21(19)15-23-13-12-17(5)14-23;1-5-9-17(10-6-2)18-11-12-19(16(3)4)21-20(18)15-22-13-7-8-14-22;1-12(2)16-4-3-15(13-6-8-21-11-13)17(19-16)10-20-7-5-14(18)9-20;1-4-6-7(3)5-2/h6,10-11,16-18H,1,7-9,12-15H2,2-5H3;5,11-12,16-17H,1,6-10,13-15H2,2-4H3;3-4,12-14H,5-11H2,1-2H3;7H,4-6H2,1-3H3/t;17-;;/m.1../s1. The number of alkyl halides is 1. The van der Waals surface area contributed by atoms with Gasteiger partial charge in [0.2, 0.25) is 0 Å². The quantitative estimate of drug-likeness (QED) is 0.0877. The molecule has 0 aromatic carbocycles. The Labute approximate surface area is 448 Å². The van der Waals surface area contributed by atoms with Crippen molar-refractivity contribution in [3.8, 4) is 0 Å². The van der Waals surface area contributed by atoms with Gasteiger partial charge < -0.3 is 4.74 Å². The molecule has 4 aliphatic heterocycles. The molecule has 7 heterocycles. The molecule has 7 nitrogen and oxygen atoms in total. The van der Waals surface area contributed by atoms with Gasteiger partial charge in [0.1, 0.15) is 6.17 Å². The van der Waals surface area contributed by atoms with Crippen LogP contribution in [0.25, 0.3) is 0 Å². The number of allylic oxidation sites excluding steroid dienone is 2. The molecule has 4 fully saturated rings. The molecule has 4 aliphatic rings. The van der Waals surface area contributed by atoms with E-state index in [0.717, 1.165) is 81.9 Å². The van der Waals surface area contributed by atoms with E-state index < -0.39 is 6.17 Å². The second-order valence-corrected chi connectivity index (χ2v) is 23.4. The van der Waals surface area contributed by atoms with E-state index in [4.69, 9.17) is 19.7 Å². The number of hydrogen-bond acceptors (Lipinski definition) is 7. The molecule has 3 aromatic heterocycles. The smallest absolute Gasteiger partial charge is 0.114 e. The molecule has 0 spiro atoms. The van der Waals surface area contributed by atoms with Gasteiger partial charge in [0.15, 0.2) is 0 Å². The highest BCUT2D eigenvalue weighted by atomic mass is 19.1. The lowest BCUT2D eigenvalue weighted by Gasteiger charge is -2.23. The van der Waals surface area contributed by atoms with Gasteiger partial charge in [-0.3, -0.25) is 29.7 Å². The summed E-state index contributed by atoms with van der Waals surface area (Å²) in [4.78, 5) is 22.3. The van der Waals surface area contributed by atoms with Crippen LogP contribution in [0.4, 0.5) is 4.39 Å². The van der Waals surface area contributed by atoms with Gasteiger partial charge >= 0.3 is 0 Å². The first-order valence-corrected chi connectivity index (χ1v) is 29.7. The molecule has 0 N–H and O–H groups in total. The van der Waals surface area contributed by atoms with Crippen molar-refractivity contribution in [2.45, 2.75) is 234 Å². The molecule has 4 saturated heterocycles. The minimum Gasteiger partial charge on any atom is -0.381 e. The number of pyridine rings is 3. The van der Waals surface area contributed by atoms with Crippen molar-refractivity contribution in [1.29, 1.82) is 0 Å². The fourth-order valence-electron chi connectivity index (χ4n) is 11.1. The Balaban J connectivity index is 0.000000223. The first kappa shape index (κ1) is 62.2. The van der Waals surface area contributed by atoms with E-state index in [1.165, 1.54) is 130 Å². The zero-order chi connectivity index (χ0) is 53.3. The van der Waals surface area contributed by atoms with Gasteiger partial charge in [0.25, 0.3) is 0 Å². The fourth-order valence-corrected chi connectivity index (χ4v) is 11.1. The summed E-state index contributed by atoms with van der Waals surface area (Å²) in [5.41, 5.74) is 11.6. The van der Waals surface area contributed by atoms with Crippen LogP contribution in [0.1, 0.15) is 259 Å². The maximum Gasteiger partial charge on any atom is 0.114 e. The highest BCUT2D eigenvalue weighted by Crippen LogP contribution is 2.33. The van der Waals surface area contributed by atoms with Crippen LogP contribution in [0.15, 0.2) is 61.7 Å². The summed E-state index contributed by atoms with van der Waals surface area (Å²) in [5.74, 6) is 4.79. The molecule has 0 amide bonds. The first-order chi connectivity index (χ1) is 35.1. The van der Waals surface area contributed by atoms with Crippen molar-refractivity contribution in [1.82, 2.24) is 29.7 Å². The van der Waals surface area contributed by atoms with Crippen LogP contribution in [0, 0.1) is 11.8 Å². The molecule has 8 heteroatoms. The van der Waals surface area contributed by atoms with Crippen molar-refractivity contribution in [3.05, 3.63) is 113 Å². The maximum absolute atomic E-state index is 13.4. The zero-order valence-corrected chi connectivity index (χ0v) is 48.9. The molecule has 3 aromatic rings. The van der Waals surface area contributed by atoms with E-state index in [2.05, 4.69) is 159 Å². The number of nitrogens with zero attached hydrogens (tertiary/aromatic N) is 6. The van der Waals surface area contributed by atoms with E-state index in [1.54, 1.807) is 0 Å². The van der Waals surface area contributed by atoms with E-state index in [1.807, 2.05) is 0 Å². The Kier molecular flexibility index (Phi) is 28.7. The summed E-state index contributed by atoms with van der Waals surface area (Å²) in [5, 5.41) is 0. The number of ether oxygens (including phenoxy) is 1. The first-order valence-electron chi connectivity index (χ1n) is 29.7. The van der Waals surface area contributed by atoms with Crippen molar-refractivity contribution in [3.63, 3.8) is 0 Å². The summed E-state index contributed by atoms with van der Waals surface area (Å²) in [7, 11) is 0. The number of aromatic nitrogens is 3. The molecule has 410 valence electrons. The van der Waals surface area contributed by atoms with Crippen molar-refractivity contribution >= 4 is 0 Å². The lowest BCUT2D eigenvalue weighted by molar-refractivity contribution is 0.193. The Morgan fingerprint density at radius 1 is 0.603 bits per heavy atom. The van der Waals surface area contributed by atoms with Gasteiger partial charge in [-0.15, -0.1) is 13.2 Å². The molecular weight excluding hydrogens is 900 g/mol. The number of rotatable bonds is 23. The Bertz CT molecular complexity index is 2000. The molecule has 6 atom stereocenters. The molecule has 0 radical (unpaired) electrons. The number of likely N-dealkylation sites (tertiary alicyclic amines) is 3. The number of hydrogen-bond donors (Lipinski definition) is 0. The summed E-state index contributed by atoms with van der Waals surface area (Å²) in [6, 6.07) is 13.5. The largest absolute Gasteiger partial charge is 0.381 e. The SMILES string of the molecule is C=CCC(CCC)c1ccc(C(C)C)nc1CN1CCC(C)C1.C=CC[C@H](CCC)c1ccc(C(C)C)nc1CN1CCCC1.CC(C)c1ccc(C2CCOC2)c(CN2CCC(F)C2)n1.CCCC(C)CC. The lowest BCUT2D eigenvalue weighted by atomic mass is 9.89. The molecule has 0 bridgehead atoms. The zero-order valence-electron chi connectivity index (χ0n) is 48.9. The average molecular weight is 1010 g/mol.